The molecular formula is C16H33N3O. The maximum Gasteiger partial charge on any atom is 0.221 e. The second kappa shape index (κ2) is 7.99. The van der Waals surface area contributed by atoms with Crippen molar-refractivity contribution in [1.29, 1.82) is 0 Å². The van der Waals surface area contributed by atoms with Gasteiger partial charge in [0.15, 0.2) is 0 Å². The number of rotatable bonds is 6. The maximum absolute atomic E-state index is 11.8. The number of nitrogens with zero attached hydrogens (tertiary/aromatic N) is 1. The van der Waals surface area contributed by atoms with E-state index in [9.17, 15) is 4.79 Å². The van der Waals surface area contributed by atoms with Gasteiger partial charge in [0.05, 0.1) is 0 Å². The highest BCUT2D eigenvalue weighted by Crippen LogP contribution is 2.21. The number of hydrogen-bond acceptors (Lipinski definition) is 3. The minimum absolute atomic E-state index is 0.0363. The van der Waals surface area contributed by atoms with Gasteiger partial charge in [0, 0.05) is 25.6 Å². The summed E-state index contributed by atoms with van der Waals surface area (Å²) in [6, 6.07) is -0.0363. The molecule has 1 atom stereocenters. The average Bonchev–Trinajstić information content (AvgIpc) is 2.29. The Morgan fingerprint density at radius 3 is 2.50 bits per heavy atom. The topological polar surface area (TPSA) is 58.4 Å². The molecule has 0 aromatic carbocycles. The van der Waals surface area contributed by atoms with E-state index in [1.165, 1.54) is 25.9 Å². The van der Waals surface area contributed by atoms with E-state index in [0.29, 0.717) is 6.42 Å². The third-order valence-electron chi connectivity index (χ3n) is 3.95. The number of carbonyl (C=O) groups is 1. The van der Waals surface area contributed by atoms with Gasteiger partial charge in [-0.25, -0.2) is 0 Å². The van der Waals surface area contributed by atoms with E-state index >= 15 is 0 Å². The van der Waals surface area contributed by atoms with Crippen LogP contribution in [0.5, 0.6) is 0 Å². The molecule has 1 amide bonds. The lowest BCUT2D eigenvalue weighted by Crippen LogP contribution is -2.40. The van der Waals surface area contributed by atoms with Crippen molar-refractivity contribution in [2.24, 2.45) is 17.1 Å². The molecule has 1 aliphatic rings. The van der Waals surface area contributed by atoms with Gasteiger partial charge in [-0.3, -0.25) is 4.79 Å². The number of nitrogens with one attached hydrogen (secondary N) is 1. The molecule has 0 aliphatic carbocycles. The zero-order chi connectivity index (χ0) is 15.2. The van der Waals surface area contributed by atoms with Gasteiger partial charge in [0.2, 0.25) is 5.91 Å². The Hall–Kier alpha value is -0.610. The van der Waals surface area contributed by atoms with Crippen LogP contribution >= 0.6 is 0 Å². The molecule has 1 unspecified atom stereocenters. The molecule has 4 heteroatoms. The Kier molecular flexibility index (Phi) is 6.96. The monoisotopic (exact) mass is 283 g/mol. The first kappa shape index (κ1) is 17.4. The second-order valence-corrected chi connectivity index (χ2v) is 7.60. The van der Waals surface area contributed by atoms with Crippen molar-refractivity contribution in [1.82, 2.24) is 10.2 Å². The number of amides is 1. The van der Waals surface area contributed by atoms with E-state index in [-0.39, 0.29) is 17.4 Å². The lowest BCUT2D eigenvalue weighted by molar-refractivity contribution is -0.121. The van der Waals surface area contributed by atoms with Crippen molar-refractivity contribution in [2.75, 3.05) is 26.2 Å². The standard InChI is InChI=1S/C16H33N3O/c1-13-5-8-19(9-6-13)10-7-18-15(20)11-14(17)12-16(2,3)4/h13-14H,5-12,17H2,1-4H3,(H,18,20). The van der Waals surface area contributed by atoms with Crippen molar-refractivity contribution in [2.45, 2.75) is 59.4 Å². The van der Waals surface area contributed by atoms with Crippen molar-refractivity contribution in [3.63, 3.8) is 0 Å². The molecule has 0 bridgehead atoms. The fourth-order valence-electron chi connectivity index (χ4n) is 2.81. The SMILES string of the molecule is CC1CCN(CCNC(=O)CC(N)CC(C)(C)C)CC1. The number of carbonyl (C=O) groups excluding carboxylic acids is 1. The van der Waals surface area contributed by atoms with Gasteiger partial charge in [-0.05, 0) is 43.7 Å². The Morgan fingerprint density at radius 2 is 1.95 bits per heavy atom. The molecule has 1 saturated heterocycles. The second-order valence-electron chi connectivity index (χ2n) is 7.60. The predicted molar refractivity (Wildman–Crippen MR) is 84.5 cm³/mol. The molecule has 1 aliphatic heterocycles. The van der Waals surface area contributed by atoms with Crippen LogP contribution in [0.15, 0.2) is 0 Å². The van der Waals surface area contributed by atoms with Gasteiger partial charge < -0.3 is 16.0 Å². The molecule has 118 valence electrons. The molecule has 0 radical (unpaired) electrons. The van der Waals surface area contributed by atoms with Crippen LogP contribution in [0.2, 0.25) is 0 Å². The summed E-state index contributed by atoms with van der Waals surface area (Å²) in [6.45, 7) is 12.8. The maximum atomic E-state index is 11.8. The summed E-state index contributed by atoms with van der Waals surface area (Å²) in [7, 11) is 0. The molecule has 20 heavy (non-hydrogen) atoms. The fraction of sp³-hybridized carbons (Fsp3) is 0.938. The summed E-state index contributed by atoms with van der Waals surface area (Å²) in [6.07, 6.45) is 3.88. The van der Waals surface area contributed by atoms with E-state index in [2.05, 4.69) is 37.9 Å². The molecule has 3 N–H and O–H groups in total. The number of hydrogen-bond donors (Lipinski definition) is 2. The van der Waals surface area contributed by atoms with Gasteiger partial charge in [0.25, 0.3) is 0 Å². The lowest BCUT2D eigenvalue weighted by Gasteiger charge is -2.30. The molecule has 1 heterocycles. The summed E-state index contributed by atoms with van der Waals surface area (Å²) >= 11 is 0. The van der Waals surface area contributed by atoms with E-state index in [0.717, 1.165) is 25.4 Å². The number of nitrogens with two attached hydrogens (primary N) is 1. The quantitative estimate of drug-likeness (QED) is 0.784. The van der Waals surface area contributed by atoms with E-state index in [1.54, 1.807) is 0 Å². The predicted octanol–water partition coefficient (Wildman–Crippen LogP) is 1.99. The minimum Gasteiger partial charge on any atom is -0.355 e. The smallest absolute Gasteiger partial charge is 0.221 e. The number of likely N-dealkylation sites (tertiary alicyclic amines) is 1. The first-order valence-corrected chi connectivity index (χ1v) is 8.01. The van der Waals surface area contributed by atoms with E-state index in [1.807, 2.05) is 0 Å². The molecular weight excluding hydrogens is 250 g/mol. The fourth-order valence-corrected chi connectivity index (χ4v) is 2.81. The van der Waals surface area contributed by atoms with Crippen LogP contribution in [0.4, 0.5) is 0 Å². The van der Waals surface area contributed by atoms with Gasteiger partial charge in [-0.15, -0.1) is 0 Å². The van der Waals surface area contributed by atoms with Crippen molar-refractivity contribution in [3.05, 3.63) is 0 Å². The summed E-state index contributed by atoms with van der Waals surface area (Å²) in [5.74, 6) is 0.948. The summed E-state index contributed by atoms with van der Waals surface area (Å²) < 4.78 is 0. The molecule has 1 fully saturated rings. The van der Waals surface area contributed by atoms with Crippen LogP contribution < -0.4 is 11.1 Å². The molecule has 4 nitrogen and oxygen atoms in total. The largest absolute Gasteiger partial charge is 0.355 e. The van der Waals surface area contributed by atoms with Gasteiger partial charge in [-0.1, -0.05) is 27.7 Å². The minimum atomic E-state index is -0.0363. The van der Waals surface area contributed by atoms with Crippen LogP contribution in [-0.4, -0.2) is 43.0 Å². The highest BCUT2D eigenvalue weighted by Gasteiger charge is 2.18. The molecule has 0 aromatic rings. The Morgan fingerprint density at radius 1 is 1.35 bits per heavy atom. The summed E-state index contributed by atoms with van der Waals surface area (Å²) in [5.41, 5.74) is 6.20. The van der Waals surface area contributed by atoms with E-state index < -0.39 is 0 Å². The lowest BCUT2D eigenvalue weighted by atomic mass is 9.87. The summed E-state index contributed by atoms with van der Waals surface area (Å²) in [4.78, 5) is 14.3. The Balaban J connectivity index is 2.11. The first-order valence-electron chi connectivity index (χ1n) is 8.01. The van der Waals surface area contributed by atoms with Crippen LogP contribution in [0.1, 0.15) is 53.4 Å². The third kappa shape index (κ3) is 7.85. The Bertz CT molecular complexity index is 291. The number of piperidine rings is 1. The Labute approximate surface area is 124 Å². The van der Waals surface area contributed by atoms with Gasteiger partial charge in [-0.2, -0.15) is 0 Å². The zero-order valence-electron chi connectivity index (χ0n) is 13.7. The molecule has 1 rings (SSSR count). The van der Waals surface area contributed by atoms with E-state index in [4.69, 9.17) is 5.73 Å². The van der Waals surface area contributed by atoms with Gasteiger partial charge in [0.1, 0.15) is 0 Å². The molecule has 0 saturated carbocycles. The van der Waals surface area contributed by atoms with Gasteiger partial charge >= 0.3 is 0 Å². The van der Waals surface area contributed by atoms with Crippen molar-refractivity contribution >= 4 is 5.91 Å². The highest BCUT2D eigenvalue weighted by molar-refractivity contribution is 5.76. The summed E-state index contributed by atoms with van der Waals surface area (Å²) in [5, 5.41) is 3.00. The highest BCUT2D eigenvalue weighted by atomic mass is 16.1. The zero-order valence-corrected chi connectivity index (χ0v) is 13.7. The van der Waals surface area contributed by atoms with Crippen molar-refractivity contribution < 1.29 is 4.79 Å². The van der Waals surface area contributed by atoms with Crippen LogP contribution in [0.25, 0.3) is 0 Å². The van der Waals surface area contributed by atoms with Crippen LogP contribution in [0.3, 0.4) is 0 Å². The third-order valence-corrected chi connectivity index (χ3v) is 3.95. The molecule has 0 aromatic heterocycles. The molecule has 0 spiro atoms. The first-order chi connectivity index (χ1) is 9.26. The van der Waals surface area contributed by atoms with Crippen molar-refractivity contribution in [3.8, 4) is 0 Å². The van der Waals surface area contributed by atoms with Crippen LogP contribution in [0, 0.1) is 11.3 Å². The van der Waals surface area contributed by atoms with Crippen LogP contribution in [-0.2, 0) is 4.79 Å². The average molecular weight is 283 g/mol. The normalized spacial score (nSPS) is 19.9.